The molecule has 0 aliphatic heterocycles. The molecule has 11 heavy (non-hydrogen) atoms. The molecule has 0 unspecified atom stereocenters. The number of hydrogen-bond donors (Lipinski definition) is 1. The lowest BCUT2D eigenvalue weighted by molar-refractivity contribution is 0.0690. The van der Waals surface area contributed by atoms with Crippen LogP contribution in [-0.2, 0) is 0 Å². The molecule has 1 aromatic rings. The van der Waals surface area contributed by atoms with Gasteiger partial charge in [-0.3, -0.25) is 0 Å². The number of carboxylic acid groups (broad SMARTS) is 1. The van der Waals surface area contributed by atoms with Crippen molar-refractivity contribution in [2.75, 3.05) is 0 Å². The summed E-state index contributed by atoms with van der Waals surface area (Å²) in [5, 5.41) is 8.91. The van der Waals surface area contributed by atoms with E-state index in [4.69, 9.17) is 16.7 Å². The largest absolute Gasteiger partial charge is 0.477 e. The Morgan fingerprint density at radius 3 is 2.73 bits per heavy atom. The van der Waals surface area contributed by atoms with Crippen molar-refractivity contribution < 1.29 is 9.90 Å². The number of hydrogen-bond acceptors (Lipinski definition) is 2. The van der Waals surface area contributed by atoms with Crippen LogP contribution in [0.5, 0.6) is 0 Å². The molecule has 0 aliphatic rings. The summed E-state index contributed by atoms with van der Waals surface area (Å²) in [4.78, 5) is 14.1. The number of carboxylic acids is 1. The summed E-state index contributed by atoms with van der Waals surface area (Å²) in [6.07, 6.45) is 0. The molecule has 1 aromatic heterocycles. The third kappa shape index (κ3) is 1.91. The second-order valence-electron chi connectivity index (χ2n) is 2.12. The SMILES string of the molecule is Cc1cc(Cl)cc(C(=O)O)n1. The van der Waals surface area contributed by atoms with Gasteiger partial charge in [-0.15, -0.1) is 0 Å². The van der Waals surface area contributed by atoms with Crippen LogP contribution in [0.2, 0.25) is 5.02 Å². The first-order valence-corrected chi connectivity index (χ1v) is 3.35. The van der Waals surface area contributed by atoms with Gasteiger partial charge in [0.1, 0.15) is 5.69 Å². The molecule has 4 heteroatoms. The molecular weight excluding hydrogens is 166 g/mol. The number of aryl methyl sites for hydroxylation is 1. The van der Waals surface area contributed by atoms with Crippen molar-refractivity contribution in [3.05, 3.63) is 28.5 Å². The van der Waals surface area contributed by atoms with Gasteiger partial charge >= 0.3 is 5.97 Å². The van der Waals surface area contributed by atoms with E-state index >= 15 is 0 Å². The molecular formula is C7H6ClNO2. The molecule has 0 atom stereocenters. The maximum Gasteiger partial charge on any atom is 0.354 e. The summed E-state index contributed by atoms with van der Waals surface area (Å²) in [7, 11) is 0. The summed E-state index contributed by atoms with van der Waals surface area (Å²) in [6, 6.07) is 2.92. The van der Waals surface area contributed by atoms with Crippen molar-refractivity contribution >= 4 is 17.6 Å². The van der Waals surface area contributed by atoms with Gasteiger partial charge in [0, 0.05) is 10.7 Å². The number of pyridine rings is 1. The lowest BCUT2D eigenvalue weighted by Crippen LogP contribution is -2.00. The molecule has 58 valence electrons. The molecule has 0 aliphatic carbocycles. The quantitative estimate of drug-likeness (QED) is 0.700. The van der Waals surface area contributed by atoms with Crippen LogP contribution in [0.4, 0.5) is 0 Å². The summed E-state index contributed by atoms with van der Waals surface area (Å²) in [5.41, 5.74) is 0.588. The third-order valence-corrected chi connectivity index (χ3v) is 1.36. The second kappa shape index (κ2) is 2.88. The molecule has 0 radical (unpaired) electrons. The molecule has 1 rings (SSSR count). The molecule has 1 N–H and O–H groups in total. The van der Waals surface area contributed by atoms with Gasteiger partial charge in [0.25, 0.3) is 0 Å². The zero-order valence-electron chi connectivity index (χ0n) is 5.84. The monoisotopic (exact) mass is 171 g/mol. The van der Waals surface area contributed by atoms with Gasteiger partial charge in [0.2, 0.25) is 0 Å². The molecule has 3 nitrogen and oxygen atoms in total. The van der Waals surface area contributed by atoms with E-state index in [1.54, 1.807) is 13.0 Å². The van der Waals surface area contributed by atoms with Gasteiger partial charge in [-0.1, -0.05) is 11.6 Å². The van der Waals surface area contributed by atoms with Gasteiger partial charge in [-0.05, 0) is 19.1 Å². The second-order valence-corrected chi connectivity index (χ2v) is 2.55. The fourth-order valence-corrected chi connectivity index (χ4v) is 0.997. The lowest BCUT2D eigenvalue weighted by Gasteiger charge is -1.96. The van der Waals surface area contributed by atoms with Crippen LogP contribution in [0.1, 0.15) is 16.2 Å². The number of nitrogens with zero attached hydrogens (tertiary/aromatic N) is 1. The molecule has 0 aromatic carbocycles. The minimum atomic E-state index is -1.06. The molecule has 0 saturated carbocycles. The number of aromatic carboxylic acids is 1. The topological polar surface area (TPSA) is 50.2 Å². The highest BCUT2D eigenvalue weighted by atomic mass is 35.5. The van der Waals surface area contributed by atoms with Gasteiger partial charge in [0.05, 0.1) is 0 Å². The predicted molar refractivity (Wildman–Crippen MR) is 40.9 cm³/mol. The summed E-state index contributed by atoms with van der Waals surface area (Å²) in [6.45, 7) is 1.69. The smallest absolute Gasteiger partial charge is 0.354 e. The van der Waals surface area contributed by atoms with Crippen LogP contribution >= 0.6 is 11.6 Å². The van der Waals surface area contributed by atoms with E-state index in [0.717, 1.165) is 0 Å². The van der Waals surface area contributed by atoms with E-state index in [9.17, 15) is 4.79 Å². The Kier molecular flexibility index (Phi) is 2.10. The van der Waals surface area contributed by atoms with Gasteiger partial charge in [-0.2, -0.15) is 0 Å². The minimum Gasteiger partial charge on any atom is -0.477 e. The van der Waals surface area contributed by atoms with Crippen LogP contribution in [0, 0.1) is 6.92 Å². The normalized spacial score (nSPS) is 9.64. The highest BCUT2D eigenvalue weighted by Crippen LogP contribution is 2.10. The average Bonchev–Trinajstić information content (AvgIpc) is 1.85. The van der Waals surface area contributed by atoms with E-state index in [0.29, 0.717) is 10.7 Å². The van der Waals surface area contributed by atoms with Crippen molar-refractivity contribution in [1.29, 1.82) is 0 Å². The van der Waals surface area contributed by atoms with E-state index in [1.807, 2.05) is 0 Å². The molecule has 0 saturated heterocycles. The van der Waals surface area contributed by atoms with Crippen LogP contribution < -0.4 is 0 Å². The zero-order valence-corrected chi connectivity index (χ0v) is 6.59. The van der Waals surface area contributed by atoms with Crippen molar-refractivity contribution in [3.63, 3.8) is 0 Å². The van der Waals surface area contributed by atoms with Crippen molar-refractivity contribution in [3.8, 4) is 0 Å². The van der Waals surface area contributed by atoms with E-state index in [-0.39, 0.29) is 5.69 Å². The number of aromatic nitrogens is 1. The van der Waals surface area contributed by atoms with Crippen molar-refractivity contribution in [2.24, 2.45) is 0 Å². The standard InChI is InChI=1S/C7H6ClNO2/c1-4-2-5(8)3-6(9-4)7(10)11/h2-3H,1H3,(H,10,11). The fourth-order valence-electron chi connectivity index (χ4n) is 0.736. The summed E-state index contributed by atoms with van der Waals surface area (Å²) >= 11 is 5.59. The summed E-state index contributed by atoms with van der Waals surface area (Å²) < 4.78 is 0. The highest BCUT2D eigenvalue weighted by molar-refractivity contribution is 6.30. The maximum atomic E-state index is 10.4. The van der Waals surface area contributed by atoms with E-state index < -0.39 is 5.97 Å². The Labute approximate surface area is 68.6 Å². The Balaban J connectivity index is 3.19. The molecule has 1 heterocycles. The molecule has 0 bridgehead atoms. The highest BCUT2D eigenvalue weighted by Gasteiger charge is 2.05. The maximum absolute atomic E-state index is 10.4. The van der Waals surface area contributed by atoms with Gasteiger partial charge < -0.3 is 5.11 Å². The van der Waals surface area contributed by atoms with Crippen molar-refractivity contribution in [1.82, 2.24) is 4.98 Å². The van der Waals surface area contributed by atoms with Crippen LogP contribution in [0.3, 0.4) is 0 Å². The zero-order chi connectivity index (χ0) is 8.43. The number of halogens is 1. The van der Waals surface area contributed by atoms with Gasteiger partial charge in [0.15, 0.2) is 0 Å². The first-order valence-electron chi connectivity index (χ1n) is 2.97. The van der Waals surface area contributed by atoms with E-state index in [1.165, 1.54) is 6.07 Å². The first kappa shape index (κ1) is 8.01. The van der Waals surface area contributed by atoms with Crippen LogP contribution in [0.25, 0.3) is 0 Å². The number of carbonyl (C=O) groups is 1. The molecule has 0 amide bonds. The average molecular weight is 172 g/mol. The molecule has 0 spiro atoms. The molecule has 0 fully saturated rings. The predicted octanol–water partition coefficient (Wildman–Crippen LogP) is 1.74. The Morgan fingerprint density at radius 1 is 1.64 bits per heavy atom. The van der Waals surface area contributed by atoms with Crippen LogP contribution in [0.15, 0.2) is 12.1 Å². The Hall–Kier alpha value is -1.09. The minimum absolute atomic E-state index is 0.0185. The fraction of sp³-hybridized carbons (Fsp3) is 0.143. The van der Waals surface area contributed by atoms with E-state index in [2.05, 4.69) is 4.98 Å². The Bertz CT molecular complexity index is 278. The van der Waals surface area contributed by atoms with Crippen LogP contribution in [-0.4, -0.2) is 16.1 Å². The van der Waals surface area contributed by atoms with Crippen molar-refractivity contribution in [2.45, 2.75) is 6.92 Å². The number of rotatable bonds is 1. The first-order chi connectivity index (χ1) is 5.09. The third-order valence-electron chi connectivity index (χ3n) is 1.14. The Morgan fingerprint density at radius 2 is 2.27 bits per heavy atom. The summed E-state index contributed by atoms with van der Waals surface area (Å²) in [5.74, 6) is -1.06. The lowest BCUT2D eigenvalue weighted by atomic mass is 10.3. The van der Waals surface area contributed by atoms with Gasteiger partial charge in [-0.25, -0.2) is 9.78 Å².